The Morgan fingerprint density at radius 3 is 2.21 bits per heavy atom. The quantitative estimate of drug-likeness (QED) is 0.770. The van der Waals surface area contributed by atoms with E-state index in [1.54, 1.807) is 27.8 Å². The van der Waals surface area contributed by atoms with Crippen LogP contribution in [0.3, 0.4) is 0 Å². The van der Waals surface area contributed by atoms with Gasteiger partial charge in [0.15, 0.2) is 0 Å². The van der Waals surface area contributed by atoms with Crippen LogP contribution in [-0.4, -0.2) is 54.4 Å². The van der Waals surface area contributed by atoms with Gasteiger partial charge in [-0.05, 0) is 19.3 Å². The number of carboxylic acids is 1. The molecule has 0 rings (SSSR count). The number of nitrogens with zero attached hydrogens (tertiary/aromatic N) is 1. The number of carbonyl (C=O) groups is 2. The lowest BCUT2D eigenvalue weighted by Crippen LogP contribution is -2.53. The molecule has 2 amide bonds. The van der Waals surface area contributed by atoms with Gasteiger partial charge in [0, 0.05) is 13.6 Å². The normalized spacial score (nSPS) is 13.2. The van der Waals surface area contributed by atoms with E-state index in [-0.39, 0.29) is 6.10 Å². The van der Waals surface area contributed by atoms with Gasteiger partial charge in [-0.3, -0.25) is 0 Å². The minimum atomic E-state index is -1.03. The van der Waals surface area contributed by atoms with Gasteiger partial charge in [-0.25, -0.2) is 9.59 Å². The predicted molar refractivity (Wildman–Crippen MR) is 73.1 cm³/mol. The van der Waals surface area contributed by atoms with Crippen LogP contribution in [-0.2, 0) is 9.53 Å². The maximum absolute atomic E-state index is 11.9. The van der Waals surface area contributed by atoms with Crippen LogP contribution in [0.1, 0.15) is 34.6 Å². The molecular weight excluding hydrogens is 248 g/mol. The standard InChI is InChI=1S/C13H26N2O4/c1-9(2)19-8-7-15(6)12(18)14-10(11(16)17)13(3,4)5/h9-10H,7-8H2,1-6H3,(H,14,18)(H,16,17). The molecule has 1 atom stereocenters. The Kier molecular flexibility index (Phi) is 6.83. The molecule has 0 saturated heterocycles. The second kappa shape index (κ2) is 7.33. The topological polar surface area (TPSA) is 78.9 Å². The van der Waals surface area contributed by atoms with E-state index in [0.29, 0.717) is 13.2 Å². The summed E-state index contributed by atoms with van der Waals surface area (Å²) in [6.07, 6.45) is 0.109. The fourth-order valence-corrected chi connectivity index (χ4v) is 1.41. The van der Waals surface area contributed by atoms with Crippen LogP contribution in [0, 0.1) is 5.41 Å². The van der Waals surface area contributed by atoms with Gasteiger partial charge in [-0.1, -0.05) is 20.8 Å². The monoisotopic (exact) mass is 274 g/mol. The number of urea groups is 1. The summed E-state index contributed by atoms with van der Waals surface area (Å²) in [5.74, 6) is -1.03. The third-order valence-electron chi connectivity index (χ3n) is 2.61. The minimum absolute atomic E-state index is 0.109. The van der Waals surface area contributed by atoms with Crippen molar-refractivity contribution in [1.82, 2.24) is 10.2 Å². The molecule has 0 spiro atoms. The van der Waals surface area contributed by atoms with Crippen molar-refractivity contribution in [1.29, 1.82) is 0 Å². The first-order valence-electron chi connectivity index (χ1n) is 6.41. The van der Waals surface area contributed by atoms with Crippen LogP contribution < -0.4 is 5.32 Å². The number of aliphatic carboxylic acids is 1. The molecule has 0 aliphatic heterocycles. The second-order valence-electron chi connectivity index (χ2n) is 5.93. The van der Waals surface area contributed by atoms with Gasteiger partial charge in [0.25, 0.3) is 0 Å². The number of hydrogen-bond donors (Lipinski definition) is 2. The summed E-state index contributed by atoms with van der Waals surface area (Å²) in [5.41, 5.74) is -0.545. The summed E-state index contributed by atoms with van der Waals surface area (Å²) in [7, 11) is 1.61. The summed E-state index contributed by atoms with van der Waals surface area (Å²) in [6.45, 7) is 9.99. The summed E-state index contributed by atoms with van der Waals surface area (Å²) in [6, 6.07) is -1.33. The van der Waals surface area contributed by atoms with Crippen LogP contribution >= 0.6 is 0 Å². The van der Waals surface area contributed by atoms with Crippen LogP contribution in [0.25, 0.3) is 0 Å². The summed E-state index contributed by atoms with van der Waals surface area (Å²) >= 11 is 0. The van der Waals surface area contributed by atoms with Crippen molar-refractivity contribution in [2.24, 2.45) is 5.41 Å². The van der Waals surface area contributed by atoms with Crippen molar-refractivity contribution < 1.29 is 19.4 Å². The van der Waals surface area contributed by atoms with E-state index >= 15 is 0 Å². The van der Waals surface area contributed by atoms with Gasteiger partial charge in [-0.2, -0.15) is 0 Å². The molecule has 0 saturated carbocycles. The molecule has 1 unspecified atom stereocenters. The van der Waals surface area contributed by atoms with E-state index in [1.165, 1.54) is 4.90 Å². The lowest BCUT2D eigenvalue weighted by molar-refractivity contribution is -0.142. The molecule has 0 aromatic heterocycles. The van der Waals surface area contributed by atoms with Crippen LogP contribution in [0.5, 0.6) is 0 Å². The van der Waals surface area contributed by atoms with Gasteiger partial charge in [0.1, 0.15) is 6.04 Å². The van der Waals surface area contributed by atoms with Crippen molar-refractivity contribution in [2.45, 2.75) is 46.8 Å². The van der Waals surface area contributed by atoms with Crippen molar-refractivity contribution in [2.75, 3.05) is 20.2 Å². The van der Waals surface area contributed by atoms with Crippen molar-refractivity contribution in [3.8, 4) is 0 Å². The van der Waals surface area contributed by atoms with Gasteiger partial charge < -0.3 is 20.1 Å². The average molecular weight is 274 g/mol. The Hall–Kier alpha value is -1.30. The number of carboxylic acid groups (broad SMARTS) is 1. The predicted octanol–water partition coefficient (Wildman–Crippen LogP) is 1.55. The lowest BCUT2D eigenvalue weighted by atomic mass is 9.87. The Morgan fingerprint density at radius 1 is 1.32 bits per heavy atom. The number of amides is 2. The summed E-state index contributed by atoms with van der Waals surface area (Å²) in [4.78, 5) is 24.4. The maximum Gasteiger partial charge on any atom is 0.326 e. The van der Waals surface area contributed by atoms with E-state index in [1.807, 2.05) is 13.8 Å². The largest absolute Gasteiger partial charge is 0.480 e. The highest BCUT2D eigenvalue weighted by molar-refractivity contribution is 5.83. The van der Waals surface area contributed by atoms with Crippen molar-refractivity contribution >= 4 is 12.0 Å². The minimum Gasteiger partial charge on any atom is -0.480 e. The van der Waals surface area contributed by atoms with E-state index < -0.39 is 23.5 Å². The zero-order valence-electron chi connectivity index (χ0n) is 12.7. The highest BCUT2D eigenvalue weighted by Gasteiger charge is 2.33. The molecule has 2 N–H and O–H groups in total. The third kappa shape index (κ3) is 7.00. The number of hydrogen-bond acceptors (Lipinski definition) is 3. The number of rotatable bonds is 6. The molecule has 0 aromatic rings. The number of likely N-dealkylation sites (N-methyl/N-ethyl adjacent to an activating group) is 1. The van der Waals surface area contributed by atoms with Crippen molar-refractivity contribution in [3.05, 3.63) is 0 Å². The maximum atomic E-state index is 11.9. The van der Waals surface area contributed by atoms with Gasteiger partial charge in [0.2, 0.25) is 0 Å². The summed E-state index contributed by atoms with van der Waals surface area (Å²) in [5, 5.41) is 11.7. The van der Waals surface area contributed by atoms with Crippen LogP contribution in [0.15, 0.2) is 0 Å². The molecule has 6 heteroatoms. The number of nitrogens with one attached hydrogen (secondary N) is 1. The highest BCUT2D eigenvalue weighted by Crippen LogP contribution is 2.19. The molecule has 19 heavy (non-hydrogen) atoms. The Bertz CT molecular complexity index is 310. The third-order valence-corrected chi connectivity index (χ3v) is 2.61. The number of ether oxygens (including phenoxy) is 1. The first-order valence-corrected chi connectivity index (χ1v) is 6.41. The molecule has 0 radical (unpaired) electrons. The van der Waals surface area contributed by atoms with Crippen molar-refractivity contribution in [3.63, 3.8) is 0 Å². The molecular formula is C13H26N2O4. The second-order valence-corrected chi connectivity index (χ2v) is 5.93. The van der Waals surface area contributed by atoms with Crippen LogP contribution in [0.2, 0.25) is 0 Å². The zero-order valence-corrected chi connectivity index (χ0v) is 12.7. The molecule has 0 aliphatic rings. The average Bonchev–Trinajstić information content (AvgIpc) is 2.22. The first-order chi connectivity index (χ1) is 8.55. The molecule has 0 aliphatic carbocycles. The molecule has 112 valence electrons. The summed E-state index contributed by atoms with van der Waals surface area (Å²) < 4.78 is 5.34. The smallest absolute Gasteiger partial charge is 0.326 e. The molecule has 0 aromatic carbocycles. The zero-order chi connectivity index (χ0) is 15.2. The highest BCUT2D eigenvalue weighted by atomic mass is 16.5. The van der Waals surface area contributed by atoms with Gasteiger partial charge in [-0.15, -0.1) is 0 Å². The van der Waals surface area contributed by atoms with Gasteiger partial charge >= 0.3 is 12.0 Å². The molecule has 0 heterocycles. The van der Waals surface area contributed by atoms with E-state index in [2.05, 4.69) is 5.32 Å². The fraction of sp³-hybridized carbons (Fsp3) is 0.846. The molecule has 6 nitrogen and oxygen atoms in total. The van der Waals surface area contributed by atoms with E-state index in [4.69, 9.17) is 9.84 Å². The molecule has 0 fully saturated rings. The number of carbonyl (C=O) groups excluding carboxylic acids is 1. The van der Waals surface area contributed by atoms with E-state index in [9.17, 15) is 9.59 Å². The Balaban J connectivity index is 4.37. The molecule has 0 bridgehead atoms. The Labute approximate surface area is 115 Å². The Morgan fingerprint density at radius 2 is 1.84 bits per heavy atom. The van der Waals surface area contributed by atoms with Gasteiger partial charge in [0.05, 0.1) is 12.7 Å². The lowest BCUT2D eigenvalue weighted by Gasteiger charge is -2.29. The van der Waals surface area contributed by atoms with Crippen LogP contribution in [0.4, 0.5) is 4.79 Å². The fourth-order valence-electron chi connectivity index (χ4n) is 1.41. The first kappa shape index (κ1) is 17.7. The SMILES string of the molecule is CC(C)OCCN(C)C(=O)NC(C(=O)O)C(C)(C)C. The van der Waals surface area contributed by atoms with E-state index in [0.717, 1.165) is 0 Å².